The Morgan fingerprint density at radius 3 is 2.20 bits per heavy atom. The Morgan fingerprint density at radius 1 is 1.20 bits per heavy atom. The van der Waals surface area contributed by atoms with Gasteiger partial charge in [0.15, 0.2) is 11.6 Å². The van der Waals surface area contributed by atoms with Gasteiger partial charge in [0.25, 0.3) is 0 Å². The summed E-state index contributed by atoms with van der Waals surface area (Å²) >= 11 is 0. The van der Waals surface area contributed by atoms with Crippen LogP contribution in [0.4, 0.5) is 0 Å². The van der Waals surface area contributed by atoms with Crippen LogP contribution in [0.15, 0.2) is 5.57 Å². The zero-order valence-electron chi connectivity index (χ0n) is 9.85. The number of carbonyl (C=O) groups excluding carboxylic acids is 2. The number of unbranched alkanes of at least 4 members (excludes halogenated alkanes) is 2. The molecule has 1 radical (unpaired) electrons. The second kappa shape index (κ2) is 4.73. The summed E-state index contributed by atoms with van der Waals surface area (Å²) in [6.07, 6.45) is 6.72. The van der Waals surface area contributed by atoms with Crippen LogP contribution >= 0.6 is 0 Å². The highest BCUT2D eigenvalue weighted by molar-refractivity contribution is 6.21. The highest BCUT2D eigenvalue weighted by Crippen LogP contribution is 2.33. The van der Waals surface area contributed by atoms with E-state index in [1.165, 1.54) is 0 Å². The molecule has 1 fully saturated rings. The van der Waals surface area contributed by atoms with Gasteiger partial charge in [-0.3, -0.25) is 9.59 Å². The summed E-state index contributed by atoms with van der Waals surface area (Å²) in [6, 6.07) is 0. The molecule has 2 heteroatoms. The summed E-state index contributed by atoms with van der Waals surface area (Å²) in [5, 5.41) is 0. The largest absolute Gasteiger partial charge is 0.294 e. The van der Waals surface area contributed by atoms with Gasteiger partial charge in [-0.1, -0.05) is 27.2 Å². The molecule has 0 N–H and O–H groups in total. The molecule has 0 aromatic carbocycles. The Kier molecular flexibility index (Phi) is 3.83. The lowest BCUT2D eigenvalue weighted by Crippen LogP contribution is -2.31. The average Bonchev–Trinajstić information content (AvgIpc) is 2.08. The minimum Gasteiger partial charge on any atom is -0.294 e. The summed E-state index contributed by atoms with van der Waals surface area (Å²) in [5.41, 5.74) is 0.173. The minimum absolute atomic E-state index is 0.0210. The molecule has 1 aliphatic carbocycles. The number of allylic oxidation sites excluding steroid dienone is 2. The number of hydrogen-bond acceptors (Lipinski definition) is 2. The first kappa shape index (κ1) is 12.2. The highest BCUT2D eigenvalue weighted by Gasteiger charge is 2.35. The third-order valence-corrected chi connectivity index (χ3v) is 2.67. The fourth-order valence-electron chi connectivity index (χ4n) is 1.85. The predicted octanol–water partition coefficient (Wildman–Crippen LogP) is 2.86. The maximum absolute atomic E-state index is 11.7. The number of hydrogen-bond donors (Lipinski definition) is 0. The van der Waals surface area contributed by atoms with Gasteiger partial charge in [-0.25, -0.2) is 0 Å². The first-order chi connectivity index (χ1) is 6.96. The number of carbonyl (C=O) groups is 2. The lowest BCUT2D eigenvalue weighted by Gasteiger charge is -2.28. The molecule has 0 unspecified atom stereocenters. The van der Waals surface area contributed by atoms with Gasteiger partial charge in [-0.15, -0.1) is 0 Å². The van der Waals surface area contributed by atoms with E-state index in [1.807, 2.05) is 13.8 Å². The zero-order chi connectivity index (χ0) is 11.5. The molecular formula is C13H19O2. The first-order valence-corrected chi connectivity index (χ1v) is 5.63. The second-order valence-corrected chi connectivity index (χ2v) is 5.02. The quantitative estimate of drug-likeness (QED) is 0.405. The van der Waals surface area contributed by atoms with E-state index in [4.69, 9.17) is 0 Å². The van der Waals surface area contributed by atoms with Crippen molar-refractivity contribution in [3.05, 3.63) is 11.6 Å². The van der Waals surface area contributed by atoms with Gasteiger partial charge in [0.1, 0.15) is 0 Å². The molecule has 0 aromatic heterocycles. The normalized spacial score (nSPS) is 20.6. The smallest absolute Gasteiger partial charge is 0.167 e. The highest BCUT2D eigenvalue weighted by atomic mass is 16.1. The summed E-state index contributed by atoms with van der Waals surface area (Å²) in [4.78, 5) is 23.4. The van der Waals surface area contributed by atoms with Gasteiger partial charge in [0.05, 0.1) is 5.57 Å². The monoisotopic (exact) mass is 207 g/mol. The molecular weight excluding hydrogens is 188 g/mol. The molecule has 1 aliphatic rings. The van der Waals surface area contributed by atoms with Crippen molar-refractivity contribution in [1.29, 1.82) is 0 Å². The molecule has 0 spiro atoms. The Bertz CT molecular complexity index is 276. The van der Waals surface area contributed by atoms with Crippen LogP contribution < -0.4 is 0 Å². The van der Waals surface area contributed by atoms with Crippen molar-refractivity contribution in [2.45, 2.75) is 52.9 Å². The van der Waals surface area contributed by atoms with Crippen molar-refractivity contribution < 1.29 is 9.59 Å². The topological polar surface area (TPSA) is 34.1 Å². The van der Waals surface area contributed by atoms with E-state index in [0.717, 1.165) is 19.3 Å². The van der Waals surface area contributed by atoms with E-state index in [0.29, 0.717) is 18.4 Å². The second-order valence-electron chi connectivity index (χ2n) is 5.02. The van der Waals surface area contributed by atoms with Crippen LogP contribution in [0, 0.1) is 11.5 Å². The SMILES string of the molecule is CCCC[C]=C1C(=O)CC(C)(C)CC1=O. The van der Waals surface area contributed by atoms with Crippen LogP contribution in [0.5, 0.6) is 0 Å². The van der Waals surface area contributed by atoms with E-state index in [9.17, 15) is 9.59 Å². The lowest BCUT2D eigenvalue weighted by atomic mass is 9.74. The number of ketones is 2. The van der Waals surface area contributed by atoms with Crippen LogP contribution in [0.3, 0.4) is 0 Å². The standard InChI is InChI=1S/C13H19O2/c1-4-5-6-7-10-11(14)8-13(2,3)9-12(10)15/h4-6,8-9H2,1-3H3. The Labute approximate surface area is 91.7 Å². The van der Waals surface area contributed by atoms with Crippen LogP contribution in [-0.2, 0) is 9.59 Å². The van der Waals surface area contributed by atoms with Gasteiger partial charge in [0, 0.05) is 12.8 Å². The third kappa shape index (κ3) is 3.29. The molecule has 0 atom stereocenters. The van der Waals surface area contributed by atoms with Gasteiger partial charge >= 0.3 is 0 Å². The summed E-state index contributed by atoms with van der Waals surface area (Å²) < 4.78 is 0. The Hall–Kier alpha value is -0.920. The lowest BCUT2D eigenvalue weighted by molar-refractivity contribution is -0.127. The van der Waals surface area contributed by atoms with E-state index in [2.05, 4.69) is 13.0 Å². The number of rotatable bonds is 3. The van der Waals surface area contributed by atoms with E-state index < -0.39 is 0 Å². The van der Waals surface area contributed by atoms with Gasteiger partial charge in [0.2, 0.25) is 0 Å². The van der Waals surface area contributed by atoms with E-state index in [-0.39, 0.29) is 17.0 Å². The molecule has 0 bridgehead atoms. The van der Waals surface area contributed by atoms with Crippen LogP contribution in [-0.4, -0.2) is 11.6 Å². The average molecular weight is 207 g/mol. The van der Waals surface area contributed by atoms with Gasteiger partial charge < -0.3 is 0 Å². The molecule has 0 aromatic rings. The minimum atomic E-state index is -0.163. The van der Waals surface area contributed by atoms with Crippen LogP contribution in [0.2, 0.25) is 0 Å². The van der Waals surface area contributed by atoms with Gasteiger partial charge in [-0.2, -0.15) is 0 Å². The zero-order valence-corrected chi connectivity index (χ0v) is 9.85. The van der Waals surface area contributed by atoms with Crippen molar-refractivity contribution in [3.8, 4) is 0 Å². The maximum Gasteiger partial charge on any atom is 0.167 e. The maximum atomic E-state index is 11.7. The Morgan fingerprint density at radius 2 is 1.73 bits per heavy atom. The molecule has 83 valence electrons. The van der Waals surface area contributed by atoms with Crippen molar-refractivity contribution in [2.24, 2.45) is 5.41 Å². The Balaban J connectivity index is 2.71. The number of Topliss-reactive ketones (excluding diaryl/α,β-unsaturated/α-hetero) is 2. The van der Waals surface area contributed by atoms with Crippen molar-refractivity contribution >= 4 is 11.6 Å². The molecule has 15 heavy (non-hydrogen) atoms. The summed E-state index contributed by atoms with van der Waals surface area (Å²) in [6.45, 7) is 6.01. The fourth-order valence-corrected chi connectivity index (χ4v) is 1.85. The predicted molar refractivity (Wildman–Crippen MR) is 59.3 cm³/mol. The van der Waals surface area contributed by atoms with Crippen LogP contribution in [0.25, 0.3) is 0 Å². The third-order valence-electron chi connectivity index (χ3n) is 2.67. The molecule has 1 saturated carbocycles. The van der Waals surface area contributed by atoms with Gasteiger partial charge in [-0.05, 0) is 24.3 Å². The summed E-state index contributed by atoms with van der Waals surface area (Å²) in [5.74, 6) is -0.0419. The van der Waals surface area contributed by atoms with Crippen molar-refractivity contribution in [3.63, 3.8) is 0 Å². The molecule has 2 nitrogen and oxygen atoms in total. The van der Waals surface area contributed by atoms with Crippen LogP contribution in [0.1, 0.15) is 52.9 Å². The summed E-state index contributed by atoms with van der Waals surface area (Å²) in [7, 11) is 0. The van der Waals surface area contributed by atoms with E-state index >= 15 is 0 Å². The molecule has 0 aliphatic heterocycles. The van der Waals surface area contributed by atoms with Crippen molar-refractivity contribution in [2.75, 3.05) is 0 Å². The molecule has 1 rings (SSSR count). The molecule has 0 amide bonds. The molecule has 0 heterocycles. The fraction of sp³-hybridized carbons (Fsp3) is 0.692. The van der Waals surface area contributed by atoms with Crippen molar-refractivity contribution in [1.82, 2.24) is 0 Å². The first-order valence-electron chi connectivity index (χ1n) is 5.63. The molecule has 0 saturated heterocycles. The van der Waals surface area contributed by atoms with E-state index in [1.54, 1.807) is 0 Å².